The van der Waals surface area contributed by atoms with Crippen molar-refractivity contribution >= 4 is 17.5 Å². The van der Waals surface area contributed by atoms with E-state index in [9.17, 15) is 9.59 Å². The lowest BCUT2D eigenvalue weighted by molar-refractivity contribution is -0.118. The number of imide groups is 1. The molecule has 2 amide bonds. The van der Waals surface area contributed by atoms with Crippen LogP contribution in [0.5, 0.6) is 11.5 Å². The van der Waals surface area contributed by atoms with Crippen molar-refractivity contribution in [1.82, 2.24) is 0 Å². The Balaban J connectivity index is 2.02. The van der Waals surface area contributed by atoms with E-state index in [-0.39, 0.29) is 11.8 Å². The molecule has 23 heavy (non-hydrogen) atoms. The second-order valence-corrected chi connectivity index (χ2v) is 5.23. The molecular weight excluding hydrogens is 294 g/mol. The molecule has 3 rings (SSSR count). The van der Waals surface area contributed by atoms with Crippen molar-refractivity contribution < 1.29 is 19.1 Å². The Hall–Kier alpha value is -2.82. The van der Waals surface area contributed by atoms with Crippen LogP contribution in [-0.4, -0.2) is 26.0 Å². The predicted molar refractivity (Wildman–Crippen MR) is 86.1 cm³/mol. The fourth-order valence-corrected chi connectivity index (χ4v) is 2.75. The average Bonchev–Trinajstić information content (AvgIpc) is 2.60. The summed E-state index contributed by atoms with van der Waals surface area (Å²) < 4.78 is 10.4. The van der Waals surface area contributed by atoms with Gasteiger partial charge in [-0.3, -0.25) is 9.59 Å². The first-order valence-electron chi connectivity index (χ1n) is 7.33. The van der Waals surface area contributed by atoms with Crippen molar-refractivity contribution in [1.29, 1.82) is 0 Å². The van der Waals surface area contributed by atoms with Crippen molar-refractivity contribution in [2.75, 3.05) is 19.1 Å². The van der Waals surface area contributed by atoms with Crippen LogP contribution >= 0.6 is 0 Å². The van der Waals surface area contributed by atoms with E-state index in [2.05, 4.69) is 0 Å². The standard InChI is InChI=1S/C18H17NO4/c1-22-15-9-7-13(11-16(15)23-2)18(21)19-14-6-4-3-5-12(14)8-10-17(19)20/h3-7,9,11H,8,10H2,1-2H3. The lowest BCUT2D eigenvalue weighted by atomic mass is 10.00. The molecule has 1 aliphatic heterocycles. The van der Waals surface area contributed by atoms with Crippen molar-refractivity contribution in [3.05, 3.63) is 53.6 Å². The SMILES string of the molecule is COc1ccc(C(=O)N2C(=O)CCc3ccccc32)cc1OC. The molecule has 0 saturated heterocycles. The van der Waals surface area contributed by atoms with E-state index >= 15 is 0 Å². The Kier molecular flexibility index (Phi) is 4.02. The number of amides is 2. The number of carbonyl (C=O) groups excluding carboxylic acids is 2. The molecule has 118 valence electrons. The first-order chi connectivity index (χ1) is 11.2. The first kappa shape index (κ1) is 15.1. The largest absolute Gasteiger partial charge is 0.493 e. The molecular formula is C18H17NO4. The highest BCUT2D eigenvalue weighted by atomic mass is 16.5. The van der Waals surface area contributed by atoms with E-state index in [4.69, 9.17) is 9.47 Å². The zero-order valence-electron chi connectivity index (χ0n) is 13.0. The van der Waals surface area contributed by atoms with Crippen LogP contribution in [0.1, 0.15) is 22.3 Å². The number of hydrogen-bond donors (Lipinski definition) is 0. The van der Waals surface area contributed by atoms with E-state index < -0.39 is 0 Å². The summed E-state index contributed by atoms with van der Waals surface area (Å²) in [7, 11) is 3.04. The van der Waals surface area contributed by atoms with Crippen molar-refractivity contribution in [3.63, 3.8) is 0 Å². The first-order valence-corrected chi connectivity index (χ1v) is 7.33. The molecule has 0 radical (unpaired) electrons. The summed E-state index contributed by atoms with van der Waals surface area (Å²) in [5.74, 6) is 0.442. The Labute approximate surface area is 134 Å². The summed E-state index contributed by atoms with van der Waals surface area (Å²) in [4.78, 5) is 26.4. The monoisotopic (exact) mass is 311 g/mol. The molecule has 2 aromatic carbocycles. The molecule has 0 aliphatic carbocycles. The third-order valence-electron chi connectivity index (χ3n) is 3.92. The van der Waals surface area contributed by atoms with Gasteiger partial charge in [0.15, 0.2) is 11.5 Å². The quantitative estimate of drug-likeness (QED) is 0.818. The number of benzene rings is 2. The molecule has 0 N–H and O–H groups in total. The normalized spacial score (nSPS) is 13.5. The summed E-state index contributed by atoms with van der Waals surface area (Å²) in [6, 6.07) is 12.4. The molecule has 1 heterocycles. The predicted octanol–water partition coefficient (Wildman–Crippen LogP) is 2.82. The van der Waals surface area contributed by atoms with Gasteiger partial charge in [0.1, 0.15) is 0 Å². The maximum absolute atomic E-state index is 12.8. The number of anilines is 1. The number of aryl methyl sites for hydroxylation is 1. The topological polar surface area (TPSA) is 55.8 Å². The third-order valence-corrected chi connectivity index (χ3v) is 3.92. The third kappa shape index (κ3) is 2.65. The van der Waals surface area contributed by atoms with Crippen LogP contribution in [0.3, 0.4) is 0 Å². The summed E-state index contributed by atoms with van der Waals surface area (Å²) >= 11 is 0. The Morgan fingerprint density at radius 1 is 1.00 bits per heavy atom. The number of ether oxygens (including phenoxy) is 2. The molecule has 5 nitrogen and oxygen atoms in total. The van der Waals surface area contributed by atoms with Gasteiger partial charge in [-0.05, 0) is 36.2 Å². The number of hydrogen-bond acceptors (Lipinski definition) is 4. The lowest BCUT2D eigenvalue weighted by Crippen LogP contribution is -2.40. The maximum atomic E-state index is 12.8. The number of rotatable bonds is 3. The van der Waals surface area contributed by atoms with Crippen molar-refractivity contribution in [2.45, 2.75) is 12.8 Å². The van der Waals surface area contributed by atoms with Gasteiger partial charge in [0.05, 0.1) is 19.9 Å². The van der Waals surface area contributed by atoms with E-state index in [0.29, 0.717) is 35.6 Å². The minimum absolute atomic E-state index is 0.191. The fourth-order valence-electron chi connectivity index (χ4n) is 2.75. The summed E-state index contributed by atoms with van der Waals surface area (Å²) in [6.45, 7) is 0. The molecule has 0 spiro atoms. The highest BCUT2D eigenvalue weighted by Crippen LogP contribution is 2.32. The second kappa shape index (κ2) is 6.12. The molecule has 0 atom stereocenters. The van der Waals surface area contributed by atoms with Gasteiger partial charge >= 0.3 is 0 Å². The van der Waals surface area contributed by atoms with Gasteiger partial charge < -0.3 is 9.47 Å². The van der Waals surface area contributed by atoms with Crippen LogP contribution in [-0.2, 0) is 11.2 Å². The number of nitrogens with zero attached hydrogens (tertiary/aromatic N) is 1. The maximum Gasteiger partial charge on any atom is 0.265 e. The minimum Gasteiger partial charge on any atom is -0.493 e. The molecule has 0 saturated carbocycles. The highest BCUT2D eigenvalue weighted by Gasteiger charge is 2.30. The van der Waals surface area contributed by atoms with Gasteiger partial charge in [-0.1, -0.05) is 18.2 Å². The van der Waals surface area contributed by atoms with E-state index in [1.54, 1.807) is 24.3 Å². The molecule has 1 aliphatic rings. The number of fused-ring (bicyclic) bond motifs is 1. The van der Waals surface area contributed by atoms with Crippen LogP contribution in [0.4, 0.5) is 5.69 Å². The Morgan fingerprint density at radius 3 is 2.48 bits per heavy atom. The van der Waals surface area contributed by atoms with Gasteiger partial charge in [-0.25, -0.2) is 4.90 Å². The number of para-hydroxylation sites is 1. The number of carbonyl (C=O) groups is 2. The molecule has 5 heteroatoms. The van der Waals surface area contributed by atoms with E-state index in [1.165, 1.54) is 19.1 Å². The zero-order valence-corrected chi connectivity index (χ0v) is 13.0. The summed E-state index contributed by atoms with van der Waals surface area (Å²) in [6.07, 6.45) is 0.987. The van der Waals surface area contributed by atoms with Gasteiger partial charge in [-0.15, -0.1) is 0 Å². The van der Waals surface area contributed by atoms with E-state index in [0.717, 1.165) is 5.56 Å². The van der Waals surface area contributed by atoms with Crippen molar-refractivity contribution in [2.24, 2.45) is 0 Å². The van der Waals surface area contributed by atoms with Gasteiger partial charge in [-0.2, -0.15) is 0 Å². The van der Waals surface area contributed by atoms with Crippen LogP contribution in [0.25, 0.3) is 0 Å². The van der Waals surface area contributed by atoms with Gasteiger partial charge in [0.2, 0.25) is 5.91 Å². The van der Waals surface area contributed by atoms with E-state index in [1.807, 2.05) is 18.2 Å². The average molecular weight is 311 g/mol. The fraction of sp³-hybridized carbons (Fsp3) is 0.222. The van der Waals surface area contributed by atoms with Crippen molar-refractivity contribution in [3.8, 4) is 11.5 Å². The summed E-state index contributed by atoms with van der Waals surface area (Å²) in [5.41, 5.74) is 2.04. The van der Waals surface area contributed by atoms with Crippen LogP contribution < -0.4 is 14.4 Å². The minimum atomic E-state index is -0.358. The van der Waals surface area contributed by atoms with Crippen LogP contribution in [0, 0.1) is 0 Å². The molecule has 0 aromatic heterocycles. The van der Waals surface area contributed by atoms with Gasteiger partial charge in [0, 0.05) is 12.0 Å². The van der Waals surface area contributed by atoms with Crippen LogP contribution in [0.2, 0.25) is 0 Å². The second-order valence-electron chi connectivity index (χ2n) is 5.23. The summed E-state index contributed by atoms with van der Waals surface area (Å²) in [5, 5.41) is 0. The van der Waals surface area contributed by atoms with Gasteiger partial charge in [0.25, 0.3) is 5.91 Å². The smallest absolute Gasteiger partial charge is 0.265 e. The molecule has 0 unspecified atom stereocenters. The Morgan fingerprint density at radius 2 is 1.74 bits per heavy atom. The lowest BCUT2D eigenvalue weighted by Gasteiger charge is -2.27. The zero-order chi connectivity index (χ0) is 16.4. The highest BCUT2D eigenvalue weighted by molar-refractivity contribution is 6.22. The molecule has 0 bridgehead atoms. The molecule has 0 fully saturated rings. The van der Waals surface area contributed by atoms with Crippen LogP contribution in [0.15, 0.2) is 42.5 Å². The Bertz CT molecular complexity index is 769. The number of methoxy groups -OCH3 is 2. The molecule has 2 aromatic rings.